The van der Waals surface area contributed by atoms with Crippen molar-refractivity contribution in [3.8, 4) is 0 Å². The molecule has 0 aliphatic heterocycles. The SMILES string of the molecule is CCC(CO)NC(C)CCc1cccc(F)c1. The van der Waals surface area contributed by atoms with Crippen molar-refractivity contribution in [1.82, 2.24) is 5.32 Å². The number of rotatable bonds is 7. The first-order valence-corrected chi connectivity index (χ1v) is 6.27. The standard InChI is InChI=1S/C14H22FNO/c1-3-14(10-17)16-11(2)7-8-12-5-4-6-13(15)9-12/h4-6,9,11,14,16-17H,3,7-8,10H2,1-2H3. The first-order valence-electron chi connectivity index (χ1n) is 6.27. The Morgan fingerprint density at radius 3 is 2.76 bits per heavy atom. The Labute approximate surface area is 103 Å². The summed E-state index contributed by atoms with van der Waals surface area (Å²) in [5.74, 6) is -0.176. The molecule has 3 heteroatoms. The van der Waals surface area contributed by atoms with Crippen molar-refractivity contribution in [2.45, 2.75) is 45.2 Å². The van der Waals surface area contributed by atoms with Crippen LogP contribution < -0.4 is 5.32 Å². The summed E-state index contributed by atoms with van der Waals surface area (Å²) in [6, 6.07) is 7.22. The lowest BCUT2D eigenvalue weighted by Gasteiger charge is -2.20. The van der Waals surface area contributed by atoms with E-state index in [9.17, 15) is 4.39 Å². The van der Waals surface area contributed by atoms with E-state index in [2.05, 4.69) is 12.2 Å². The lowest BCUT2D eigenvalue weighted by Crippen LogP contribution is -2.38. The second-order valence-corrected chi connectivity index (χ2v) is 4.52. The minimum atomic E-state index is -0.176. The summed E-state index contributed by atoms with van der Waals surface area (Å²) in [6.07, 6.45) is 2.72. The molecule has 2 nitrogen and oxygen atoms in total. The zero-order chi connectivity index (χ0) is 12.7. The summed E-state index contributed by atoms with van der Waals surface area (Å²) < 4.78 is 13.0. The zero-order valence-electron chi connectivity index (χ0n) is 10.6. The number of aryl methyl sites for hydroxylation is 1. The van der Waals surface area contributed by atoms with Crippen LogP contribution in [0.25, 0.3) is 0 Å². The van der Waals surface area contributed by atoms with Crippen LogP contribution in [0.2, 0.25) is 0 Å². The Morgan fingerprint density at radius 1 is 1.41 bits per heavy atom. The number of hydrogen-bond acceptors (Lipinski definition) is 2. The maximum Gasteiger partial charge on any atom is 0.123 e. The van der Waals surface area contributed by atoms with E-state index in [-0.39, 0.29) is 18.5 Å². The van der Waals surface area contributed by atoms with Gasteiger partial charge in [-0.2, -0.15) is 0 Å². The van der Waals surface area contributed by atoms with Crippen molar-refractivity contribution in [3.63, 3.8) is 0 Å². The molecule has 0 aliphatic carbocycles. The quantitative estimate of drug-likeness (QED) is 0.766. The topological polar surface area (TPSA) is 32.3 Å². The number of benzene rings is 1. The van der Waals surface area contributed by atoms with Crippen LogP contribution in [0.5, 0.6) is 0 Å². The van der Waals surface area contributed by atoms with E-state index in [1.54, 1.807) is 12.1 Å². The maximum atomic E-state index is 13.0. The Balaban J connectivity index is 2.35. The van der Waals surface area contributed by atoms with Gasteiger partial charge in [-0.05, 0) is 43.9 Å². The number of halogens is 1. The Kier molecular flexibility index (Phi) is 6.16. The molecule has 2 unspecified atom stereocenters. The minimum absolute atomic E-state index is 0.164. The Hall–Kier alpha value is -0.930. The monoisotopic (exact) mass is 239 g/mol. The lowest BCUT2D eigenvalue weighted by atomic mass is 10.1. The van der Waals surface area contributed by atoms with Crippen LogP contribution in [0.15, 0.2) is 24.3 Å². The van der Waals surface area contributed by atoms with Gasteiger partial charge in [-0.15, -0.1) is 0 Å². The molecule has 0 aromatic heterocycles. The van der Waals surface area contributed by atoms with E-state index in [4.69, 9.17) is 5.11 Å². The molecule has 0 radical (unpaired) electrons. The first kappa shape index (κ1) is 14.1. The van der Waals surface area contributed by atoms with Crippen LogP contribution in [0.4, 0.5) is 4.39 Å². The van der Waals surface area contributed by atoms with Gasteiger partial charge in [0.2, 0.25) is 0 Å². The predicted molar refractivity (Wildman–Crippen MR) is 68.5 cm³/mol. The molecule has 96 valence electrons. The van der Waals surface area contributed by atoms with Gasteiger partial charge in [0.1, 0.15) is 5.82 Å². The molecule has 0 spiro atoms. The Morgan fingerprint density at radius 2 is 2.18 bits per heavy atom. The molecule has 17 heavy (non-hydrogen) atoms. The summed E-state index contributed by atoms with van der Waals surface area (Å²) >= 11 is 0. The van der Waals surface area contributed by atoms with Gasteiger partial charge in [0.15, 0.2) is 0 Å². The summed E-state index contributed by atoms with van der Waals surface area (Å²) in [5.41, 5.74) is 1.02. The molecular weight excluding hydrogens is 217 g/mol. The summed E-state index contributed by atoms with van der Waals surface area (Å²) in [7, 11) is 0. The highest BCUT2D eigenvalue weighted by Gasteiger charge is 2.09. The van der Waals surface area contributed by atoms with Gasteiger partial charge < -0.3 is 10.4 Å². The van der Waals surface area contributed by atoms with Gasteiger partial charge in [-0.1, -0.05) is 19.1 Å². The van der Waals surface area contributed by atoms with Crippen molar-refractivity contribution in [2.24, 2.45) is 0 Å². The molecule has 0 saturated carbocycles. The molecule has 0 heterocycles. The third-order valence-corrected chi connectivity index (χ3v) is 2.99. The van der Waals surface area contributed by atoms with E-state index in [1.807, 2.05) is 13.0 Å². The number of aliphatic hydroxyl groups excluding tert-OH is 1. The van der Waals surface area contributed by atoms with Crippen LogP contribution in [0, 0.1) is 5.82 Å². The highest BCUT2D eigenvalue weighted by Crippen LogP contribution is 2.08. The molecule has 1 aromatic rings. The third-order valence-electron chi connectivity index (χ3n) is 2.99. The number of nitrogens with one attached hydrogen (secondary N) is 1. The van der Waals surface area contributed by atoms with Gasteiger partial charge in [0.25, 0.3) is 0 Å². The molecule has 2 N–H and O–H groups in total. The van der Waals surface area contributed by atoms with E-state index < -0.39 is 0 Å². The second kappa shape index (κ2) is 7.41. The average molecular weight is 239 g/mol. The maximum absolute atomic E-state index is 13.0. The fourth-order valence-corrected chi connectivity index (χ4v) is 1.86. The van der Waals surface area contributed by atoms with Crippen LogP contribution in [-0.4, -0.2) is 23.8 Å². The molecule has 0 saturated heterocycles. The number of aliphatic hydroxyl groups is 1. The van der Waals surface area contributed by atoms with E-state index in [0.717, 1.165) is 24.8 Å². The summed E-state index contributed by atoms with van der Waals surface area (Å²) in [4.78, 5) is 0. The van der Waals surface area contributed by atoms with Gasteiger partial charge in [-0.3, -0.25) is 0 Å². The fraction of sp³-hybridized carbons (Fsp3) is 0.571. The van der Waals surface area contributed by atoms with Crippen molar-refractivity contribution < 1.29 is 9.50 Å². The molecule has 2 atom stereocenters. The number of hydrogen-bond donors (Lipinski definition) is 2. The lowest BCUT2D eigenvalue weighted by molar-refractivity contribution is 0.228. The van der Waals surface area contributed by atoms with Crippen LogP contribution >= 0.6 is 0 Å². The largest absolute Gasteiger partial charge is 0.395 e. The molecule has 0 aliphatic rings. The summed E-state index contributed by atoms with van der Waals surface area (Å²) in [5, 5.41) is 12.4. The van der Waals surface area contributed by atoms with Gasteiger partial charge in [0, 0.05) is 12.1 Å². The van der Waals surface area contributed by atoms with Crippen molar-refractivity contribution in [1.29, 1.82) is 0 Å². The van der Waals surface area contributed by atoms with Crippen LogP contribution in [-0.2, 0) is 6.42 Å². The zero-order valence-corrected chi connectivity index (χ0v) is 10.6. The van der Waals surface area contributed by atoms with Gasteiger partial charge in [0.05, 0.1) is 6.61 Å². The molecule has 1 aromatic carbocycles. The molecular formula is C14H22FNO. The Bertz CT molecular complexity index is 326. The molecule has 0 bridgehead atoms. The van der Waals surface area contributed by atoms with E-state index in [0.29, 0.717) is 6.04 Å². The minimum Gasteiger partial charge on any atom is -0.395 e. The highest BCUT2D eigenvalue weighted by molar-refractivity contribution is 5.16. The smallest absolute Gasteiger partial charge is 0.123 e. The predicted octanol–water partition coefficient (Wildman–Crippen LogP) is 2.51. The second-order valence-electron chi connectivity index (χ2n) is 4.52. The van der Waals surface area contributed by atoms with Crippen molar-refractivity contribution >= 4 is 0 Å². The normalized spacial score (nSPS) is 14.6. The van der Waals surface area contributed by atoms with Crippen molar-refractivity contribution in [2.75, 3.05) is 6.61 Å². The van der Waals surface area contributed by atoms with E-state index in [1.165, 1.54) is 6.07 Å². The molecule has 0 amide bonds. The highest BCUT2D eigenvalue weighted by atomic mass is 19.1. The van der Waals surface area contributed by atoms with Crippen LogP contribution in [0.3, 0.4) is 0 Å². The van der Waals surface area contributed by atoms with Gasteiger partial charge >= 0.3 is 0 Å². The van der Waals surface area contributed by atoms with E-state index >= 15 is 0 Å². The fourth-order valence-electron chi connectivity index (χ4n) is 1.86. The van der Waals surface area contributed by atoms with Gasteiger partial charge in [-0.25, -0.2) is 4.39 Å². The third kappa shape index (κ3) is 5.29. The average Bonchev–Trinajstić information content (AvgIpc) is 2.33. The summed E-state index contributed by atoms with van der Waals surface area (Å²) in [6.45, 7) is 4.31. The molecule has 0 fully saturated rings. The molecule has 1 rings (SSSR count). The first-order chi connectivity index (χ1) is 8.15. The van der Waals surface area contributed by atoms with Crippen LogP contribution in [0.1, 0.15) is 32.3 Å². The van der Waals surface area contributed by atoms with Crippen molar-refractivity contribution in [3.05, 3.63) is 35.6 Å².